The Kier molecular flexibility index (Phi) is 13.0. The van der Waals surface area contributed by atoms with Crippen LogP contribution in [-0.4, -0.2) is 86.3 Å². The second-order valence-electron chi connectivity index (χ2n) is 5.11. The summed E-state index contributed by atoms with van der Waals surface area (Å²) in [7, 11) is -4.76. The fourth-order valence-electron chi connectivity index (χ4n) is 2.40. The first-order valence-electron chi connectivity index (χ1n) is 6.61. The molecule has 1 aliphatic rings. The monoisotopic (exact) mass is 486 g/mol. The molecule has 3 heterocycles. The number of aromatic amines is 1. The summed E-state index contributed by atoms with van der Waals surface area (Å²) in [6.45, 7) is -0.651. The van der Waals surface area contributed by atoms with Crippen molar-refractivity contribution in [3.63, 3.8) is 0 Å². The summed E-state index contributed by atoms with van der Waals surface area (Å²) < 4.78 is 21.6. The molecule has 17 nitrogen and oxygen atoms in total. The van der Waals surface area contributed by atoms with E-state index < -0.39 is 44.5 Å². The summed E-state index contributed by atoms with van der Waals surface area (Å²) >= 11 is 0. The standard InChI is InChI=1S/C10H14N5O8P.4H2O.V/c11-10-13-7-4(8(18)14-10)12-2-15(7)9-6(17)5(16)3(23-9)1-22-24(19,20)21;;;;;/h2-3,5-6,9,16-17H,1H2,(H2,19,20,21)(H3,11,13,14,18);4*1H2;/t3-,5-,6-,9-;;;;;/m1...../s1. The van der Waals surface area contributed by atoms with Gasteiger partial charge in [-0.3, -0.25) is 18.9 Å². The molecule has 29 heavy (non-hydrogen) atoms. The zero-order valence-corrected chi connectivity index (χ0v) is 16.6. The topological polar surface area (TPSA) is 332 Å². The van der Waals surface area contributed by atoms with Crippen LogP contribution in [0.5, 0.6) is 0 Å². The van der Waals surface area contributed by atoms with E-state index in [4.69, 9.17) is 20.3 Å². The second kappa shape index (κ2) is 11.7. The summed E-state index contributed by atoms with van der Waals surface area (Å²) in [6.07, 6.45) is -4.22. The number of ether oxygens (including phenoxy) is 1. The van der Waals surface area contributed by atoms with Gasteiger partial charge in [-0.15, -0.1) is 0 Å². The number of H-pyrrole nitrogens is 1. The van der Waals surface area contributed by atoms with Crippen molar-refractivity contribution >= 4 is 24.9 Å². The molecule has 2 aromatic rings. The molecule has 0 aromatic carbocycles. The summed E-state index contributed by atoms with van der Waals surface area (Å²) in [5.41, 5.74) is 4.84. The van der Waals surface area contributed by atoms with E-state index in [2.05, 4.69) is 19.5 Å². The molecular weight excluding hydrogens is 464 g/mol. The maximum Gasteiger partial charge on any atom is 0.469 e. The van der Waals surface area contributed by atoms with Gasteiger partial charge in [-0.2, -0.15) is 4.98 Å². The predicted molar refractivity (Wildman–Crippen MR) is 90.9 cm³/mol. The van der Waals surface area contributed by atoms with E-state index in [-0.39, 0.29) is 57.6 Å². The fourth-order valence-corrected chi connectivity index (χ4v) is 2.74. The van der Waals surface area contributed by atoms with E-state index in [0.717, 1.165) is 0 Å². The molecule has 15 N–H and O–H groups in total. The minimum Gasteiger partial charge on any atom is -0.412 e. The number of nitrogens with zero attached hydrogens (tertiary/aromatic N) is 3. The van der Waals surface area contributed by atoms with Crippen LogP contribution in [0.3, 0.4) is 0 Å². The fraction of sp³-hybridized carbons (Fsp3) is 0.500. The van der Waals surface area contributed by atoms with E-state index >= 15 is 0 Å². The zero-order chi connectivity index (χ0) is 17.6. The average molecular weight is 486 g/mol. The average Bonchev–Trinajstić information content (AvgIpc) is 3.00. The third-order valence-electron chi connectivity index (χ3n) is 3.47. The number of fused-ring (bicyclic) bond motifs is 1. The number of nitrogen functional groups attached to an aromatic ring is 1. The molecule has 1 radical (unpaired) electrons. The number of hydrogen-bond donors (Lipinski definition) is 6. The first-order chi connectivity index (χ1) is 11.2. The molecule has 0 aliphatic carbocycles. The summed E-state index contributed by atoms with van der Waals surface area (Å²) in [6, 6.07) is 0. The van der Waals surface area contributed by atoms with Crippen molar-refractivity contribution in [1.29, 1.82) is 0 Å². The third-order valence-corrected chi connectivity index (χ3v) is 3.95. The SMILES string of the molecule is Nc1nc2c(ncn2[C@@H]2O[C@H](COP(=O)(O)O)[C@@H](O)[C@H]2O)c(=O)[nH]1.O.O.O.O.[V]. The summed E-state index contributed by atoms with van der Waals surface area (Å²) in [5.74, 6) is -0.177. The number of anilines is 1. The minimum atomic E-state index is -4.76. The Balaban J connectivity index is -0.00000135. The first kappa shape index (κ1) is 32.2. The molecule has 19 heteroatoms. The molecule has 1 saturated heterocycles. The van der Waals surface area contributed by atoms with Gasteiger partial charge in [0.05, 0.1) is 12.9 Å². The van der Waals surface area contributed by atoms with Crippen molar-refractivity contribution in [2.75, 3.05) is 12.3 Å². The molecule has 4 atom stereocenters. The van der Waals surface area contributed by atoms with Crippen LogP contribution < -0.4 is 11.3 Å². The van der Waals surface area contributed by atoms with Gasteiger partial charge >= 0.3 is 7.82 Å². The Morgan fingerprint density at radius 3 is 2.38 bits per heavy atom. The quantitative estimate of drug-likeness (QED) is 0.221. The van der Waals surface area contributed by atoms with Gasteiger partial charge in [0.15, 0.2) is 17.4 Å². The van der Waals surface area contributed by atoms with Gasteiger partial charge in [0, 0.05) is 18.6 Å². The van der Waals surface area contributed by atoms with Crippen LogP contribution >= 0.6 is 7.82 Å². The Hall–Kier alpha value is -1.44. The molecule has 1 fully saturated rings. The van der Waals surface area contributed by atoms with Crippen molar-refractivity contribution < 1.29 is 74.3 Å². The van der Waals surface area contributed by atoms with Crippen LogP contribution in [0.25, 0.3) is 11.2 Å². The van der Waals surface area contributed by atoms with Gasteiger partial charge in [0.1, 0.15) is 18.3 Å². The van der Waals surface area contributed by atoms with E-state index in [9.17, 15) is 19.6 Å². The molecule has 0 bridgehead atoms. The van der Waals surface area contributed by atoms with Crippen molar-refractivity contribution in [2.24, 2.45) is 0 Å². The summed E-state index contributed by atoms with van der Waals surface area (Å²) in [4.78, 5) is 39.1. The Morgan fingerprint density at radius 1 is 1.24 bits per heavy atom. The van der Waals surface area contributed by atoms with Gasteiger partial charge in [-0.1, -0.05) is 0 Å². The van der Waals surface area contributed by atoms with E-state index in [0.29, 0.717) is 0 Å². The molecule has 0 saturated carbocycles. The molecule has 169 valence electrons. The van der Waals surface area contributed by atoms with Gasteiger partial charge in [-0.25, -0.2) is 9.55 Å². The normalized spacial score (nSPS) is 23.0. The number of phosphoric ester groups is 1. The van der Waals surface area contributed by atoms with Crippen LogP contribution in [0.2, 0.25) is 0 Å². The number of aliphatic hydroxyl groups excluding tert-OH is 2. The van der Waals surface area contributed by atoms with E-state index in [1.165, 1.54) is 10.9 Å². The Bertz CT molecular complexity index is 872. The minimum absolute atomic E-state index is 0. The Labute approximate surface area is 172 Å². The molecular formula is C10H22N5O12PV. The number of rotatable bonds is 4. The van der Waals surface area contributed by atoms with Gasteiger partial charge < -0.3 is 52.4 Å². The first-order valence-corrected chi connectivity index (χ1v) is 8.14. The Morgan fingerprint density at radius 2 is 1.83 bits per heavy atom. The molecule has 0 spiro atoms. The van der Waals surface area contributed by atoms with E-state index in [1.54, 1.807) is 0 Å². The maximum absolute atomic E-state index is 11.7. The molecule has 1 aliphatic heterocycles. The maximum atomic E-state index is 11.7. The number of phosphoric acid groups is 1. The van der Waals surface area contributed by atoms with Crippen LogP contribution in [0.1, 0.15) is 6.23 Å². The molecule has 3 rings (SSSR count). The van der Waals surface area contributed by atoms with Crippen LogP contribution in [0.4, 0.5) is 5.95 Å². The van der Waals surface area contributed by atoms with Gasteiger partial charge in [0.25, 0.3) is 5.56 Å². The molecule has 0 unspecified atom stereocenters. The number of hydrogen-bond acceptors (Lipinski definition) is 9. The number of nitrogens with one attached hydrogen (secondary N) is 1. The predicted octanol–water partition coefficient (Wildman–Crippen LogP) is -5.87. The molecule has 0 amide bonds. The van der Waals surface area contributed by atoms with Gasteiger partial charge in [0.2, 0.25) is 5.95 Å². The van der Waals surface area contributed by atoms with Crippen molar-refractivity contribution in [3.8, 4) is 0 Å². The number of imidazole rings is 1. The van der Waals surface area contributed by atoms with E-state index in [1.807, 2.05) is 0 Å². The number of nitrogens with two attached hydrogens (primary N) is 1. The van der Waals surface area contributed by atoms with Crippen LogP contribution in [0.15, 0.2) is 11.1 Å². The van der Waals surface area contributed by atoms with Gasteiger partial charge in [-0.05, 0) is 0 Å². The largest absolute Gasteiger partial charge is 0.469 e. The zero-order valence-electron chi connectivity index (χ0n) is 14.3. The van der Waals surface area contributed by atoms with Crippen molar-refractivity contribution in [1.82, 2.24) is 19.5 Å². The molecule has 2 aromatic heterocycles. The van der Waals surface area contributed by atoms with Crippen LogP contribution in [-0.2, 0) is 32.4 Å². The second-order valence-corrected chi connectivity index (χ2v) is 6.35. The van der Waals surface area contributed by atoms with Crippen molar-refractivity contribution in [2.45, 2.75) is 24.5 Å². The van der Waals surface area contributed by atoms with Crippen LogP contribution in [0, 0.1) is 0 Å². The summed E-state index contributed by atoms with van der Waals surface area (Å²) in [5, 5.41) is 20.1. The number of aliphatic hydroxyl groups is 2. The van der Waals surface area contributed by atoms with Crippen molar-refractivity contribution in [3.05, 3.63) is 16.7 Å². The number of aromatic nitrogens is 4. The third kappa shape index (κ3) is 6.52. The smallest absolute Gasteiger partial charge is 0.412 e.